The lowest BCUT2D eigenvalue weighted by molar-refractivity contribution is 0.104. The maximum Gasteiger partial charge on any atom is 0.189 e. The maximum atomic E-state index is 14.0. The van der Waals surface area contributed by atoms with Crippen LogP contribution >= 0.6 is 0 Å². The van der Waals surface area contributed by atoms with Gasteiger partial charge >= 0.3 is 0 Å². The van der Waals surface area contributed by atoms with Gasteiger partial charge in [0.25, 0.3) is 0 Å². The number of unbranched alkanes of at least 4 members (excludes halogenated alkanes) is 10. The summed E-state index contributed by atoms with van der Waals surface area (Å²) in [6, 6.07) is 9.55. The first-order valence-corrected chi connectivity index (χ1v) is 18.3. The lowest BCUT2D eigenvalue weighted by Gasteiger charge is -2.18. The molecular weight excluding hydrogens is 576 g/mol. The first kappa shape index (κ1) is 39.0. The van der Waals surface area contributed by atoms with E-state index >= 15 is 0 Å². The highest BCUT2D eigenvalue weighted by atomic mass is 16.5. The largest absolute Gasteiger partial charge is 0.494 e. The fourth-order valence-electron chi connectivity index (χ4n) is 4.91. The number of carbonyl (C=O) groups excluding carboxylic acids is 1. The number of ether oxygens (including phenoxy) is 5. The van der Waals surface area contributed by atoms with Crippen LogP contribution in [0.4, 0.5) is 0 Å². The molecule has 0 aromatic heterocycles. The fourth-order valence-corrected chi connectivity index (χ4v) is 4.91. The highest BCUT2D eigenvalue weighted by Crippen LogP contribution is 2.38. The Balaban J connectivity index is 2.44. The molecule has 0 aliphatic carbocycles. The van der Waals surface area contributed by atoms with Crippen LogP contribution in [0.15, 0.2) is 36.4 Å². The van der Waals surface area contributed by atoms with Crippen LogP contribution in [0.2, 0.25) is 0 Å². The Morgan fingerprint density at radius 3 is 1.54 bits per heavy atom. The smallest absolute Gasteiger partial charge is 0.189 e. The summed E-state index contributed by atoms with van der Waals surface area (Å²) in [5.74, 6) is 3.03. The van der Waals surface area contributed by atoms with Gasteiger partial charge in [-0.05, 0) is 68.5 Å². The minimum absolute atomic E-state index is 0.172. The standard InChI is InChI=1S/C40H62O6/c1-6-11-16-25-42-34-22-24-38(44-27-18-13-8-3)33(30-34)21-23-37(41)36-31-35(43-26-17-12-7-2)32-39(45-28-19-14-9-4)40(36)46-29-20-15-10-5/h21-24,30-32H,6-20,25-29H2,1-5H3. The molecule has 46 heavy (non-hydrogen) atoms. The quantitative estimate of drug-likeness (QED) is 0.0525. The summed E-state index contributed by atoms with van der Waals surface area (Å²) >= 11 is 0. The Morgan fingerprint density at radius 1 is 0.522 bits per heavy atom. The lowest BCUT2D eigenvalue weighted by Crippen LogP contribution is -2.09. The van der Waals surface area contributed by atoms with Gasteiger partial charge in [-0.25, -0.2) is 0 Å². The van der Waals surface area contributed by atoms with E-state index in [-0.39, 0.29) is 5.78 Å². The second-order valence-corrected chi connectivity index (χ2v) is 12.0. The number of hydrogen-bond donors (Lipinski definition) is 0. The number of allylic oxidation sites excluding steroid dienone is 1. The van der Waals surface area contributed by atoms with Crippen LogP contribution in [-0.4, -0.2) is 38.8 Å². The summed E-state index contributed by atoms with van der Waals surface area (Å²) in [4.78, 5) is 14.0. The number of ketones is 1. The Morgan fingerprint density at radius 2 is 1.00 bits per heavy atom. The van der Waals surface area contributed by atoms with Gasteiger partial charge in [-0.1, -0.05) is 98.8 Å². The minimum atomic E-state index is -0.172. The lowest BCUT2D eigenvalue weighted by atomic mass is 10.1. The van der Waals surface area contributed by atoms with Crippen LogP contribution in [0.25, 0.3) is 6.08 Å². The van der Waals surface area contributed by atoms with Crippen molar-refractivity contribution in [2.24, 2.45) is 0 Å². The van der Waals surface area contributed by atoms with Gasteiger partial charge in [0.1, 0.15) is 17.2 Å². The number of benzene rings is 2. The Hall–Kier alpha value is -3.15. The molecule has 0 fully saturated rings. The van der Waals surface area contributed by atoms with Crippen molar-refractivity contribution in [3.63, 3.8) is 0 Å². The summed E-state index contributed by atoms with van der Waals surface area (Å²) in [6.45, 7) is 13.8. The topological polar surface area (TPSA) is 63.2 Å². The molecule has 0 radical (unpaired) electrons. The van der Waals surface area contributed by atoms with E-state index in [0.29, 0.717) is 55.8 Å². The third-order valence-corrected chi connectivity index (χ3v) is 7.73. The van der Waals surface area contributed by atoms with Gasteiger partial charge in [0, 0.05) is 11.6 Å². The van der Waals surface area contributed by atoms with Gasteiger partial charge in [-0.3, -0.25) is 4.79 Å². The van der Waals surface area contributed by atoms with Crippen LogP contribution in [-0.2, 0) is 0 Å². The molecule has 0 aliphatic heterocycles. The van der Waals surface area contributed by atoms with Crippen molar-refractivity contribution in [1.29, 1.82) is 0 Å². The zero-order valence-electron chi connectivity index (χ0n) is 29.6. The van der Waals surface area contributed by atoms with Gasteiger partial charge in [0.2, 0.25) is 0 Å². The second kappa shape index (κ2) is 25.0. The van der Waals surface area contributed by atoms with Crippen molar-refractivity contribution in [2.75, 3.05) is 33.0 Å². The third-order valence-electron chi connectivity index (χ3n) is 7.73. The van der Waals surface area contributed by atoms with E-state index in [4.69, 9.17) is 23.7 Å². The number of hydrogen-bond acceptors (Lipinski definition) is 6. The summed E-state index contributed by atoms with van der Waals surface area (Å²) in [6.07, 6.45) is 19.3. The van der Waals surface area contributed by atoms with Crippen LogP contribution in [0.3, 0.4) is 0 Å². The summed E-state index contributed by atoms with van der Waals surface area (Å²) in [7, 11) is 0. The minimum Gasteiger partial charge on any atom is -0.494 e. The highest BCUT2D eigenvalue weighted by Gasteiger charge is 2.20. The van der Waals surface area contributed by atoms with Crippen molar-refractivity contribution in [2.45, 2.75) is 131 Å². The molecule has 0 unspecified atom stereocenters. The van der Waals surface area contributed by atoms with Gasteiger partial charge < -0.3 is 23.7 Å². The van der Waals surface area contributed by atoms with E-state index in [1.807, 2.05) is 36.4 Å². The Bertz CT molecular complexity index is 1120. The molecule has 0 N–H and O–H groups in total. The molecule has 0 spiro atoms. The molecule has 258 valence electrons. The van der Waals surface area contributed by atoms with Crippen molar-refractivity contribution < 1.29 is 28.5 Å². The second-order valence-electron chi connectivity index (χ2n) is 12.0. The molecule has 2 aromatic carbocycles. The zero-order valence-corrected chi connectivity index (χ0v) is 29.6. The molecule has 0 heterocycles. The summed E-state index contributed by atoms with van der Waals surface area (Å²) in [5.41, 5.74) is 1.26. The predicted octanol–water partition coefficient (Wildman–Crippen LogP) is 11.4. The van der Waals surface area contributed by atoms with E-state index in [1.54, 1.807) is 6.08 Å². The molecule has 6 heteroatoms. The van der Waals surface area contributed by atoms with Gasteiger partial charge in [-0.2, -0.15) is 0 Å². The number of carbonyl (C=O) groups is 1. The normalized spacial score (nSPS) is 11.2. The van der Waals surface area contributed by atoms with E-state index in [1.165, 1.54) is 0 Å². The molecule has 2 aromatic rings. The van der Waals surface area contributed by atoms with Crippen molar-refractivity contribution in [3.05, 3.63) is 47.5 Å². The van der Waals surface area contributed by atoms with E-state index in [0.717, 1.165) is 113 Å². The molecular formula is C40H62O6. The Labute approximate surface area is 280 Å². The van der Waals surface area contributed by atoms with Crippen LogP contribution in [0.1, 0.15) is 147 Å². The van der Waals surface area contributed by atoms with Gasteiger partial charge in [-0.15, -0.1) is 0 Å². The average molecular weight is 639 g/mol. The molecule has 0 saturated heterocycles. The van der Waals surface area contributed by atoms with Crippen LogP contribution in [0, 0.1) is 0 Å². The number of rotatable bonds is 28. The van der Waals surface area contributed by atoms with Crippen molar-refractivity contribution >= 4 is 11.9 Å². The molecule has 0 saturated carbocycles. The third kappa shape index (κ3) is 15.4. The molecule has 0 atom stereocenters. The molecule has 0 bridgehead atoms. The van der Waals surface area contributed by atoms with Crippen LogP contribution in [0.5, 0.6) is 28.7 Å². The van der Waals surface area contributed by atoms with Crippen molar-refractivity contribution in [1.82, 2.24) is 0 Å². The monoisotopic (exact) mass is 638 g/mol. The van der Waals surface area contributed by atoms with Crippen molar-refractivity contribution in [3.8, 4) is 28.7 Å². The zero-order chi connectivity index (χ0) is 33.2. The molecule has 6 nitrogen and oxygen atoms in total. The van der Waals surface area contributed by atoms with Crippen LogP contribution < -0.4 is 23.7 Å². The van der Waals surface area contributed by atoms with E-state index in [2.05, 4.69) is 34.6 Å². The SMILES string of the molecule is CCCCCOc1ccc(OCCCCC)c(C=CC(=O)c2cc(OCCCCC)cc(OCCCCC)c2OCCCCC)c1. The fraction of sp³-hybridized carbons (Fsp3) is 0.625. The first-order valence-electron chi connectivity index (χ1n) is 18.3. The Kier molecular flexibility index (Phi) is 21.2. The highest BCUT2D eigenvalue weighted by molar-refractivity contribution is 6.09. The molecule has 0 aliphatic rings. The predicted molar refractivity (Wildman–Crippen MR) is 191 cm³/mol. The molecule has 2 rings (SSSR count). The van der Waals surface area contributed by atoms with Gasteiger partial charge in [0.05, 0.1) is 38.6 Å². The molecule has 0 amide bonds. The summed E-state index contributed by atoms with van der Waals surface area (Å²) < 4.78 is 30.9. The average Bonchev–Trinajstić information content (AvgIpc) is 3.07. The summed E-state index contributed by atoms with van der Waals surface area (Å²) in [5, 5.41) is 0. The van der Waals surface area contributed by atoms with Gasteiger partial charge in [0.15, 0.2) is 17.3 Å². The first-order chi connectivity index (χ1) is 22.6. The van der Waals surface area contributed by atoms with E-state index in [9.17, 15) is 4.79 Å². The maximum absolute atomic E-state index is 14.0. The van der Waals surface area contributed by atoms with E-state index < -0.39 is 0 Å².